The number of nitrogen functional groups attached to an aromatic ring is 1. The molecule has 1 aliphatic heterocycles. The van der Waals surface area contributed by atoms with E-state index in [1.165, 1.54) is 0 Å². The topological polar surface area (TPSA) is 72.5 Å². The molecule has 0 spiro atoms. The number of aromatic nitrogens is 1. The summed E-state index contributed by atoms with van der Waals surface area (Å²) in [6.07, 6.45) is 1.86. The van der Waals surface area contributed by atoms with E-state index in [0.29, 0.717) is 17.9 Å². The van der Waals surface area contributed by atoms with Gasteiger partial charge >= 0.3 is 0 Å². The molecule has 1 aliphatic rings. The predicted molar refractivity (Wildman–Crippen MR) is 83.4 cm³/mol. The van der Waals surface area contributed by atoms with Crippen LogP contribution in [0.5, 0.6) is 0 Å². The van der Waals surface area contributed by atoms with Crippen LogP contribution in [0.25, 0.3) is 0 Å². The van der Waals surface area contributed by atoms with E-state index in [1.54, 1.807) is 12.3 Å². The zero-order valence-electron chi connectivity index (χ0n) is 13.1. The SMILES string of the molecule is CCN1CCOC(CNC(=O)c2cc(N)cn2C(C)C)C1. The lowest BCUT2D eigenvalue weighted by Crippen LogP contribution is -2.47. The van der Waals surface area contributed by atoms with Crippen molar-refractivity contribution < 1.29 is 9.53 Å². The van der Waals surface area contributed by atoms with Crippen molar-refractivity contribution in [2.75, 3.05) is 38.5 Å². The Bertz CT molecular complexity index is 484. The zero-order valence-corrected chi connectivity index (χ0v) is 13.1. The molecule has 1 aromatic heterocycles. The number of carbonyl (C=O) groups excluding carboxylic acids is 1. The number of nitrogens with one attached hydrogen (secondary N) is 1. The molecule has 1 fully saturated rings. The highest BCUT2D eigenvalue weighted by Crippen LogP contribution is 2.16. The molecule has 2 heterocycles. The Balaban J connectivity index is 1.93. The van der Waals surface area contributed by atoms with Crippen LogP contribution in [-0.4, -0.2) is 54.3 Å². The van der Waals surface area contributed by atoms with E-state index in [4.69, 9.17) is 10.5 Å². The van der Waals surface area contributed by atoms with Crippen LogP contribution in [0.15, 0.2) is 12.3 Å². The van der Waals surface area contributed by atoms with Gasteiger partial charge in [-0.25, -0.2) is 0 Å². The number of ether oxygens (including phenoxy) is 1. The Labute approximate surface area is 126 Å². The van der Waals surface area contributed by atoms with E-state index in [1.807, 2.05) is 18.4 Å². The molecule has 1 saturated heterocycles. The van der Waals surface area contributed by atoms with E-state index < -0.39 is 0 Å². The van der Waals surface area contributed by atoms with Crippen LogP contribution in [-0.2, 0) is 4.74 Å². The highest BCUT2D eigenvalue weighted by Gasteiger charge is 2.21. The van der Waals surface area contributed by atoms with Gasteiger partial charge in [-0.1, -0.05) is 6.92 Å². The Hall–Kier alpha value is -1.53. The quantitative estimate of drug-likeness (QED) is 0.853. The number of rotatable bonds is 5. The van der Waals surface area contributed by atoms with Gasteiger partial charge in [0.15, 0.2) is 0 Å². The Morgan fingerprint density at radius 3 is 3.00 bits per heavy atom. The third-order valence-corrected chi connectivity index (χ3v) is 3.82. The fourth-order valence-corrected chi connectivity index (χ4v) is 2.60. The zero-order chi connectivity index (χ0) is 15.4. The summed E-state index contributed by atoms with van der Waals surface area (Å²) in [6, 6.07) is 1.92. The number of nitrogens with zero attached hydrogens (tertiary/aromatic N) is 2. The number of carbonyl (C=O) groups is 1. The molecule has 0 aromatic carbocycles. The lowest BCUT2D eigenvalue weighted by atomic mass is 10.2. The van der Waals surface area contributed by atoms with Crippen molar-refractivity contribution in [1.29, 1.82) is 0 Å². The van der Waals surface area contributed by atoms with Gasteiger partial charge in [0.2, 0.25) is 0 Å². The van der Waals surface area contributed by atoms with Crippen LogP contribution in [0.3, 0.4) is 0 Å². The van der Waals surface area contributed by atoms with Crippen molar-refractivity contribution in [3.63, 3.8) is 0 Å². The Morgan fingerprint density at radius 1 is 1.57 bits per heavy atom. The second-order valence-electron chi connectivity index (χ2n) is 5.76. The lowest BCUT2D eigenvalue weighted by molar-refractivity contribution is -0.0246. The summed E-state index contributed by atoms with van der Waals surface area (Å²) in [4.78, 5) is 14.6. The summed E-state index contributed by atoms with van der Waals surface area (Å²) >= 11 is 0. The first kappa shape index (κ1) is 15.9. The highest BCUT2D eigenvalue weighted by atomic mass is 16.5. The summed E-state index contributed by atoms with van der Waals surface area (Å²) in [5.74, 6) is -0.0994. The van der Waals surface area contributed by atoms with Gasteiger partial charge in [-0.05, 0) is 26.5 Å². The molecule has 0 radical (unpaired) electrons. The summed E-state index contributed by atoms with van der Waals surface area (Å²) in [7, 11) is 0. The summed E-state index contributed by atoms with van der Waals surface area (Å²) in [5, 5.41) is 2.95. The number of hydrogen-bond donors (Lipinski definition) is 2. The fourth-order valence-electron chi connectivity index (χ4n) is 2.60. The second kappa shape index (κ2) is 6.95. The number of hydrogen-bond acceptors (Lipinski definition) is 4. The average Bonchev–Trinajstić information content (AvgIpc) is 2.87. The Morgan fingerprint density at radius 2 is 2.33 bits per heavy atom. The standard InChI is InChI=1S/C15H26N4O2/c1-4-18-5-6-21-13(10-18)8-17-15(20)14-7-12(16)9-19(14)11(2)3/h7,9,11,13H,4-6,8,10,16H2,1-3H3,(H,17,20). The molecule has 6 heteroatoms. The highest BCUT2D eigenvalue weighted by molar-refractivity contribution is 5.93. The number of amides is 1. The minimum atomic E-state index is -0.0994. The van der Waals surface area contributed by atoms with Crippen LogP contribution in [0, 0.1) is 0 Å². The first-order chi connectivity index (χ1) is 10.0. The third-order valence-electron chi connectivity index (χ3n) is 3.82. The minimum absolute atomic E-state index is 0.0578. The average molecular weight is 294 g/mol. The van der Waals surface area contributed by atoms with Gasteiger partial charge in [0.05, 0.1) is 18.4 Å². The predicted octanol–water partition coefficient (Wildman–Crippen LogP) is 1.10. The molecule has 1 amide bonds. The fraction of sp³-hybridized carbons (Fsp3) is 0.667. The molecular formula is C15H26N4O2. The third kappa shape index (κ3) is 3.98. The first-order valence-corrected chi connectivity index (χ1v) is 7.60. The molecule has 0 aliphatic carbocycles. The van der Waals surface area contributed by atoms with E-state index in [-0.39, 0.29) is 18.1 Å². The van der Waals surface area contributed by atoms with Crippen molar-refractivity contribution >= 4 is 11.6 Å². The van der Waals surface area contributed by atoms with Gasteiger partial charge < -0.3 is 20.4 Å². The normalized spacial score (nSPS) is 19.9. The Kier molecular flexibility index (Phi) is 5.25. The van der Waals surface area contributed by atoms with E-state index in [2.05, 4.69) is 17.1 Å². The van der Waals surface area contributed by atoms with Crippen molar-refractivity contribution in [1.82, 2.24) is 14.8 Å². The van der Waals surface area contributed by atoms with Gasteiger partial charge in [-0.2, -0.15) is 0 Å². The first-order valence-electron chi connectivity index (χ1n) is 7.60. The molecule has 118 valence electrons. The maximum absolute atomic E-state index is 12.3. The van der Waals surface area contributed by atoms with Gasteiger partial charge in [0.1, 0.15) is 5.69 Å². The molecular weight excluding hydrogens is 268 g/mol. The van der Waals surface area contributed by atoms with Crippen LogP contribution < -0.4 is 11.1 Å². The number of morpholine rings is 1. The van der Waals surface area contributed by atoms with Crippen molar-refractivity contribution in [3.05, 3.63) is 18.0 Å². The molecule has 21 heavy (non-hydrogen) atoms. The molecule has 1 unspecified atom stereocenters. The van der Waals surface area contributed by atoms with Gasteiger partial charge in [0, 0.05) is 31.9 Å². The molecule has 1 atom stereocenters. The summed E-state index contributed by atoms with van der Waals surface area (Å²) in [5.41, 5.74) is 7.01. The van der Waals surface area contributed by atoms with Crippen LogP contribution in [0.2, 0.25) is 0 Å². The van der Waals surface area contributed by atoms with E-state index in [9.17, 15) is 4.79 Å². The van der Waals surface area contributed by atoms with Gasteiger partial charge in [-0.15, -0.1) is 0 Å². The molecule has 3 N–H and O–H groups in total. The largest absolute Gasteiger partial charge is 0.397 e. The molecule has 0 bridgehead atoms. The summed E-state index contributed by atoms with van der Waals surface area (Å²) in [6.45, 7) is 10.3. The van der Waals surface area contributed by atoms with Crippen LogP contribution in [0.1, 0.15) is 37.3 Å². The van der Waals surface area contributed by atoms with Crippen LogP contribution >= 0.6 is 0 Å². The number of anilines is 1. The molecule has 1 aromatic rings. The van der Waals surface area contributed by atoms with Gasteiger partial charge in [-0.3, -0.25) is 9.69 Å². The van der Waals surface area contributed by atoms with Crippen molar-refractivity contribution in [2.24, 2.45) is 0 Å². The maximum Gasteiger partial charge on any atom is 0.268 e. The lowest BCUT2D eigenvalue weighted by Gasteiger charge is -2.32. The smallest absolute Gasteiger partial charge is 0.268 e. The van der Waals surface area contributed by atoms with Gasteiger partial charge in [0.25, 0.3) is 5.91 Å². The van der Waals surface area contributed by atoms with Crippen LogP contribution in [0.4, 0.5) is 5.69 Å². The number of nitrogens with two attached hydrogens (primary N) is 1. The second-order valence-corrected chi connectivity index (χ2v) is 5.76. The number of likely N-dealkylation sites (N-methyl/N-ethyl adjacent to an activating group) is 1. The molecule has 6 nitrogen and oxygen atoms in total. The van der Waals surface area contributed by atoms with E-state index >= 15 is 0 Å². The molecule has 0 saturated carbocycles. The van der Waals surface area contributed by atoms with Crippen molar-refractivity contribution in [3.8, 4) is 0 Å². The van der Waals surface area contributed by atoms with Crippen molar-refractivity contribution in [2.45, 2.75) is 32.9 Å². The maximum atomic E-state index is 12.3. The monoisotopic (exact) mass is 294 g/mol. The van der Waals surface area contributed by atoms with E-state index in [0.717, 1.165) is 26.2 Å². The summed E-state index contributed by atoms with van der Waals surface area (Å²) < 4.78 is 7.58. The minimum Gasteiger partial charge on any atom is -0.397 e. The molecule has 2 rings (SSSR count).